The molecule has 0 radical (unpaired) electrons. The van der Waals surface area contributed by atoms with E-state index in [0.717, 1.165) is 5.56 Å². The lowest BCUT2D eigenvalue weighted by atomic mass is 10.3. The fraction of sp³-hybridized carbons (Fsp3) is 0. The highest BCUT2D eigenvalue weighted by atomic mass is 16.4. The first-order chi connectivity index (χ1) is 8.86. The molecule has 0 N–H and O–H groups in total. The van der Waals surface area contributed by atoms with Crippen LogP contribution in [0.3, 0.4) is 0 Å². The summed E-state index contributed by atoms with van der Waals surface area (Å²) in [5, 5.41) is 16.5. The van der Waals surface area contributed by atoms with Gasteiger partial charge in [-0.3, -0.25) is 4.98 Å². The molecule has 0 amide bonds. The molecule has 3 aromatic rings. The van der Waals surface area contributed by atoms with Crippen LogP contribution < -0.4 is 0 Å². The van der Waals surface area contributed by atoms with E-state index in [0.29, 0.717) is 17.3 Å². The van der Waals surface area contributed by atoms with Crippen molar-refractivity contribution in [3.05, 3.63) is 42.6 Å². The van der Waals surface area contributed by atoms with E-state index < -0.39 is 0 Å². The van der Waals surface area contributed by atoms with Crippen molar-refractivity contribution in [2.24, 2.45) is 0 Å². The molecule has 0 bridgehead atoms. The molecule has 0 fully saturated rings. The van der Waals surface area contributed by atoms with E-state index in [2.05, 4.69) is 15.2 Å². The minimum Gasteiger partial charge on any atom is -0.453 e. The van der Waals surface area contributed by atoms with Crippen LogP contribution in [0.25, 0.3) is 22.9 Å². The highest BCUT2D eigenvalue weighted by molar-refractivity contribution is 5.57. The van der Waals surface area contributed by atoms with Crippen LogP contribution in [0.5, 0.6) is 0 Å². The molecule has 0 aliphatic heterocycles. The topological polar surface area (TPSA) is 88.7 Å². The lowest BCUT2D eigenvalue weighted by Crippen LogP contribution is -1.78. The zero-order valence-corrected chi connectivity index (χ0v) is 9.07. The van der Waals surface area contributed by atoms with Crippen molar-refractivity contribution in [1.82, 2.24) is 15.2 Å². The minimum atomic E-state index is 0.200. The SMILES string of the molecule is N#Cc1cc(-c2nnc(-c3cccnc3)o2)co1. The van der Waals surface area contributed by atoms with Gasteiger partial charge >= 0.3 is 0 Å². The van der Waals surface area contributed by atoms with E-state index >= 15 is 0 Å². The Morgan fingerprint density at radius 1 is 1.17 bits per heavy atom. The van der Waals surface area contributed by atoms with Gasteiger partial charge in [-0.1, -0.05) is 0 Å². The normalized spacial score (nSPS) is 10.2. The fourth-order valence-electron chi connectivity index (χ4n) is 1.45. The number of pyridine rings is 1. The third kappa shape index (κ3) is 1.74. The van der Waals surface area contributed by atoms with Crippen LogP contribution in [0.4, 0.5) is 0 Å². The Kier molecular flexibility index (Phi) is 2.35. The highest BCUT2D eigenvalue weighted by Gasteiger charge is 2.12. The van der Waals surface area contributed by atoms with Crippen LogP contribution in [0.2, 0.25) is 0 Å². The van der Waals surface area contributed by atoms with E-state index in [4.69, 9.17) is 14.1 Å². The average molecular weight is 238 g/mol. The second-order valence-corrected chi connectivity index (χ2v) is 3.47. The first kappa shape index (κ1) is 10.2. The zero-order chi connectivity index (χ0) is 12.4. The molecule has 0 unspecified atom stereocenters. The standard InChI is InChI=1S/C12H6N4O2/c13-5-10-4-9(7-17-10)12-16-15-11(18-12)8-2-1-3-14-6-8/h1-4,6-7H. The van der Waals surface area contributed by atoms with Crippen LogP contribution in [0, 0.1) is 11.3 Å². The summed E-state index contributed by atoms with van der Waals surface area (Å²) in [6.07, 6.45) is 4.70. The quantitative estimate of drug-likeness (QED) is 0.680. The Morgan fingerprint density at radius 3 is 2.67 bits per heavy atom. The van der Waals surface area contributed by atoms with Gasteiger partial charge < -0.3 is 8.83 Å². The van der Waals surface area contributed by atoms with E-state index in [1.54, 1.807) is 24.5 Å². The Bertz CT molecular complexity index is 709. The van der Waals surface area contributed by atoms with E-state index in [-0.39, 0.29) is 5.76 Å². The van der Waals surface area contributed by atoms with Gasteiger partial charge in [0, 0.05) is 18.5 Å². The van der Waals surface area contributed by atoms with Crippen molar-refractivity contribution in [1.29, 1.82) is 5.26 Å². The molecule has 0 aliphatic rings. The van der Waals surface area contributed by atoms with Crippen molar-refractivity contribution < 1.29 is 8.83 Å². The molecule has 3 aromatic heterocycles. The molecule has 0 aromatic carbocycles. The molecular formula is C12H6N4O2. The van der Waals surface area contributed by atoms with Gasteiger partial charge in [0.25, 0.3) is 5.89 Å². The molecule has 18 heavy (non-hydrogen) atoms. The molecule has 3 rings (SSSR count). The summed E-state index contributed by atoms with van der Waals surface area (Å²) in [7, 11) is 0. The van der Waals surface area contributed by atoms with Crippen molar-refractivity contribution >= 4 is 0 Å². The van der Waals surface area contributed by atoms with Gasteiger partial charge in [-0.05, 0) is 12.1 Å². The van der Waals surface area contributed by atoms with Crippen LogP contribution in [-0.2, 0) is 0 Å². The monoisotopic (exact) mass is 238 g/mol. The molecule has 0 aliphatic carbocycles. The number of aromatic nitrogens is 3. The Morgan fingerprint density at radius 2 is 2.00 bits per heavy atom. The van der Waals surface area contributed by atoms with Gasteiger partial charge in [0.2, 0.25) is 11.7 Å². The maximum absolute atomic E-state index is 8.66. The third-order valence-corrected chi connectivity index (χ3v) is 2.29. The molecule has 0 atom stereocenters. The Balaban J connectivity index is 1.97. The lowest BCUT2D eigenvalue weighted by Gasteiger charge is -1.90. The lowest BCUT2D eigenvalue weighted by molar-refractivity contribution is 0.549. The molecule has 6 nitrogen and oxygen atoms in total. The predicted molar refractivity (Wildman–Crippen MR) is 59.9 cm³/mol. The van der Waals surface area contributed by atoms with Crippen molar-refractivity contribution in [3.8, 4) is 29.0 Å². The number of rotatable bonds is 2. The third-order valence-electron chi connectivity index (χ3n) is 2.29. The second-order valence-electron chi connectivity index (χ2n) is 3.47. The van der Waals surface area contributed by atoms with E-state index in [9.17, 15) is 0 Å². The maximum Gasteiger partial charge on any atom is 0.251 e. The maximum atomic E-state index is 8.66. The van der Waals surface area contributed by atoms with E-state index in [1.165, 1.54) is 6.26 Å². The molecule has 86 valence electrons. The molecule has 0 saturated heterocycles. The summed E-state index contributed by atoms with van der Waals surface area (Å²) in [5.41, 5.74) is 1.31. The average Bonchev–Trinajstić information content (AvgIpc) is 3.08. The highest BCUT2D eigenvalue weighted by Crippen LogP contribution is 2.24. The molecule has 0 saturated carbocycles. The van der Waals surface area contributed by atoms with Crippen LogP contribution >= 0.6 is 0 Å². The molecule has 3 heterocycles. The summed E-state index contributed by atoms with van der Waals surface area (Å²) >= 11 is 0. The summed E-state index contributed by atoms with van der Waals surface area (Å²) < 4.78 is 10.5. The van der Waals surface area contributed by atoms with E-state index in [1.807, 2.05) is 12.1 Å². The Hall–Kier alpha value is -2.94. The smallest absolute Gasteiger partial charge is 0.251 e. The molecule has 0 spiro atoms. The zero-order valence-electron chi connectivity index (χ0n) is 9.07. The first-order valence-electron chi connectivity index (χ1n) is 5.10. The summed E-state index contributed by atoms with van der Waals surface area (Å²) in [6.45, 7) is 0. The summed E-state index contributed by atoms with van der Waals surface area (Å²) in [4.78, 5) is 3.97. The van der Waals surface area contributed by atoms with Crippen LogP contribution in [0.15, 0.2) is 45.7 Å². The van der Waals surface area contributed by atoms with Crippen LogP contribution in [-0.4, -0.2) is 15.2 Å². The molecule has 6 heteroatoms. The van der Waals surface area contributed by atoms with Gasteiger partial charge in [0.1, 0.15) is 12.3 Å². The Labute approximate surface area is 102 Å². The van der Waals surface area contributed by atoms with Crippen LogP contribution in [0.1, 0.15) is 5.76 Å². The number of hydrogen-bond acceptors (Lipinski definition) is 6. The second kappa shape index (κ2) is 4.14. The number of nitrogens with zero attached hydrogens (tertiary/aromatic N) is 4. The number of nitriles is 1. The predicted octanol–water partition coefficient (Wildman–Crippen LogP) is 2.26. The summed E-state index contributed by atoms with van der Waals surface area (Å²) in [5.74, 6) is 0.878. The van der Waals surface area contributed by atoms with Gasteiger partial charge in [-0.2, -0.15) is 5.26 Å². The van der Waals surface area contributed by atoms with Crippen molar-refractivity contribution in [2.45, 2.75) is 0 Å². The number of hydrogen-bond donors (Lipinski definition) is 0. The van der Waals surface area contributed by atoms with Gasteiger partial charge in [-0.15, -0.1) is 10.2 Å². The largest absolute Gasteiger partial charge is 0.453 e. The van der Waals surface area contributed by atoms with Gasteiger partial charge in [0.15, 0.2) is 0 Å². The van der Waals surface area contributed by atoms with Crippen molar-refractivity contribution in [2.75, 3.05) is 0 Å². The van der Waals surface area contributed by atoms with Gasteiger partial charge in [0.05, 0.1) is 11.1 Å². The minimum absolute atomic E-state index is 0.200. The molecular weight excluding hydrogens is 232 g/mol. The summed E-state index contributed by atoms with van der Waals surface area (Å²) in [6, 6.07) is 7.03. The first-order valence-corrected chi connectivity index (χ1v) is 5.10. The van der Waals surface area contributed by atoms with Gasteiger partial charge in [-0.25, -0.2) is 0 Å². The number of furan rings is 1. The fourth-order valence-corrected chi connectivity index (χ4v) is 1.45. The van der Waals surface area contributed by atoms with Crippen molar-refractivity contribution in [3.63, 3.8) is 0 Å².